The molecule has 6 N–H and O–H groups in total. The maximum absolute atomic E-state index is 11.8. The number of hydrogen-bond donors (Lipinski definition) is 5. The summed E-state index contributed by atoms with van der Waals surface area (Å²) in [5.41, 5.74) is 2.86. The van der Waals surface area contributed by atoms with Gasteiger partial charge in [-0.2, -0.15) is 5.26 Å². The Kier molecular flexibility index (Phi) is 12.4. The van der Waals surface area contributed by atoms with Gasteiger partial charge >= 0.3 is 12.1 Å². The first-order chi connectivity index (χ1) is 20.2. The molecule has 42 heavy (non-hydrogen) atoms. The van der Waals surface area contributed by atoms with E-state index in [9.17, 15) is 9.59 Å². The fourth-order valence-corrected chi connectivity index (χ4v) is 3.64. The number of hydrazine groups is 1. The quantitative estimate of drug-likeness (QED) is 0.0934. The second-order valence-electron chi connectivity index (χ2n) is 10.1. The molecule has 0 aliphatic carbocycles. The average Bonchev–Trinajstić information content (AvgIpc) is 2.96. The summed E-state index contributed by atoms with van der Waals surface area (Å²) in [6, 6.07) is 7.20. The van der Waals surface area contributed by atoms with Crippen molar-refractivity contribution in [2.24, 2.45) is 5.84 Å². The summed E-state index contributed by atoms with van der Waals surface area (Å²) in [5.74, 6) is 7.02. The minimum Gasteiger partial charge on any atom is -0.487 e. The van der Waals surface area contributed by atoms with Crippen LogP contribution in [0.5, 0.6) is 5.75 Å². The van der Waals surface area contributed by atoms with Gasteiger partial charge in [0.15, 0.2) is 17.4 Å². The number of hydrogen-bond acceptors (Lipinski definition) is 14. The lowest BCUT2D eigenvalue weighted by atomic mass is 10.1. The van der Waals surface area contributed by atoms with Crippen molar-refractivity contribution in [3.63, 3.8) is 0 Å². The number of anilines is 4. The van der Waals surface area contributed by atoms with E-state index in [1.165, 1.54) is 6.20 Å². The second-order valence-corrected chi connectivity index (χ2v) is 10.1. The maximum Gasteiger partial charge on any atom is 0.408 e. The van der Waals surface area contributed by atoms with Crippen molar-refractivity contribution in [1.82, 2.24) is 15.3 Å². The first kappa shape index (κ1) is 32.1. The highest BCUT2D eigenvalue weighted by atomic mass is 16.6. The molecular weight excluding hydrogens is 548 g/mol. The highest BCUT2D eigenvalue weighted by Crippen LogP contribution is 2.33. The van der Waals surface area contributed by atoms with Crippen LogP contribution in [0.25, 0.3) is 0 Å². The van der Waals surface area contributed by atoms with Crippen LogP contribution in [-0.4, -0.2) is 79.9 Å². The zero-order valence-electron chi connectivity index (χ0n) is 24.0. The molecule has 2 aromatic rings. The summed E-state index contributed by atoms with van der Waals surface area (Å²) in [6.07, 6.45) is 2.38. The van der Waals surface area contributed by atoms with Crippen LogP contribution in [0.2, 0.25) is 0 Å². The number of nitriles is 1. The summed E-state index contributed by atoms with van der Waals surface area (Å²) in [5, 5.41) is 17.9. The lowest BCUT2D eigenvalue weighted by Crippen LogP contribution is -2.36. The number of ether oxygens (including phenoxy) is 5. The second kappa shape index (κ2) is 16.2. The van der Waals surface area contributed by atoms with E-state index in [1.807, 2.05) is 6.07 Å². The lowest BCUT2D eigenvalue weighted by Gasteiger charge is -2.25. The van der Waals surface area contributed by atoms with Crippen LogP contribution in [0.15, 0.2) is 24.4 Å². The van der Waals surface area contributed by atoms with E-state index < -0.39 is 17.7 Å². The molecule has 1 aliphatic heterocycles. The van der Waals surface area contributed by atoms with Crippen molar-refractivity contribution in [3.8, 4) is 11.8 Å². The number of aromatic nitrogens is 2. The number of amides is 1. The van der Waals surface area contributed by atoms with E-state index in [0.717, 1.165) is 12.8 Å². The van der Waals surface area contributed by atoms with Crippen LogP contribution in [0, 0.1) is 11.3 Å². The van der Waals surface area contributed by atoms with E-state index in [4.69, 9.17) is 39.8 Å². The van der Waals surface area contributed by atoms with Crippen molar-refractivity contribution >= 4 is 35.2 Å². The zero-order valence-corrected chi connectivity index (χ0v) is 24.0. The van der Waals surface area contributed by atoms with Gasteiger partial charge in [-0.15, -0.1) is 0 Å². The van der Waals surface area contributed by atoms with Crippen molar-refractivity contribution < 1.29 is 33.3 Å². The Morgan fingerprint density at radius 1 is 1.14 bits per heavy atom. The molecule has 0 spiro atoms. The minimum atomic E-state index is -0.698. The topological polar surface area (TPSA) is 204 Å². The monoisotopic (exact) mass is 586 g/mol. The molecular formula is C27H38N8O7. The van der Waals surface area contributed by atoms with Crippen LogP contribution in [-0.2, 0) is 23.7 Å². The normalized spacial score (nSPS) is 13.4. The molecule has 0 unspecified atom stereocenters. The van der Waals surface area contributed by atoms with Crippen molar-refractivity contribution in [2.75, 3.05) is 62.2 Å². The number of nitrogens with one attached hydrogen (secondary N) is 4. The maximum atomic E-state index is 11.8. The summed E-state index contributed by atoms with van der Waals surface area (Å²) >= 11 is 0. The molecule has 3 rings (SSSR count). The van der Waals surface area contributed by atoms with Gasteiger partial charge < -0.3 is 45.1 Å². The fourth-order valence-electron chi connectivity index (χ4n) is 3.64. The van der Waals surface area contributed by atoms with Gasteiger partial charge in [0, 0.05) is 31.5 Å². The number of carbonyl (C=O) groups excluding carboxylic acids is 2. The van der Waals surface area contributed by atoms with Crippen LogP contribution in [0.3, 0.4) is 0 Å². The molecule has 0 bridgehead atoms. The Morgan fingerprint density at radius 3 is 2.57 bits per heavy atom. The number of pyridine rings is 2. The van der Waals surface area contributed by atoms with E-state index in [0.29, 0.717) is 47.7 Å². The molecule has 3 heterocycles. The fraction of sp³-hybridized carbons (Fsp3) is 0.519. The Labute approximate surface area is 244 Å². The Bertz CT molecular complexity index is 1210. The first-order valence-corrected chi connectivity index (χ1v) is 13.5. The standard InChI is InChI=1S/C27H38N8O7/c1-27(2,3)42-26(37)31-17-23(36)41-13-11-39-10-12-40-21-14-20(35-29)24(33-22-5-4-18(15-28)16-30-22)34-25(21)32-19-6-8-38-9-7-19/h4-5,14,16,19,35H,6-13,17,29H2,1-3H3,(H,31,37)(H2,30,32,33,34). The largest absolute Gasteiger partial charge is 0.487 e. The molecule has 0 saturated carbocycles. The highest BCUT2D eigenvalue weighted by Gasteiger charge is 2.20. The first-order valence-electron chi connectivity index (χ1n) is 13.5. The molecule has 1 saturated heterocycles. The van der Waals surface area contributed by atoms with Gasteiger partial charge in [-0.25, -0.2) is 14.8 Å². The molecule has 15 heteroatoms. The van der Waals surface area contributed by atoms with Crippen LogP contribution in [0.1, 0.15) is 39.2 Å². The smallest absolute Gasteiger partial charge is 0.408 e. The van der Waals surface area contributed by atoms with E-state index >= 15 is 0 Å². The SMILES string of the molecule is CC(C)(C)OC(=O)NCC(=O)OCCOCCOc1cc(NN)c(Nc2ccc(C#N)cn2)nc1NC1CCOCC1. The molecule has 15 nitrogen and oxygen atoms in total. The number of carbonyl (C=O) groups is 2. The van der Waals surface area contributed by atoms with Crippen molar-refractivity contribution in [3.05, 3.63) is 30.0 Å². The molecule has 0 aromatic carbocycles. The third kappa shape index (κ3) is 11.2. The zero-order chi connectivity index (χ0) is 30.4. The van der Waals surface area contributed by atoms with E-state index in [-0.39, 0.29) is 39.0 Å². The number of nitrogens with two attached hydrogens (primary N) is 1. The van der Waals surface area contributed by atoms with Gasteiger partial charge in [-0.1, -0.05) is 0 Å². The van der Waals surface area contributed by atoms with Gasteiger partial charge in [0.1, 0.15) is 37.2 Å². The van der Waals surface area contributed by atoms with Gasteiger partial charge in [0.05, 0.1) is 24.5 Å². The molecule has 2 aromatic heterocycles. The lowest BCUT2D eigenvalue weighted by molar-refractivity contribution is -0.144. The van der Waals surface area contributed by atoms with Gasteiger partial charge in [0.25, 0.3) is 0 Å². The third-order valence-electron chi connectivity index (χ3n) is 5.60. The highest BCUT2D eigenvalue weighted by molar-refractivity contribution is 5.78. The predicted molar refractivity (Wildman–Crippen MR) is 153 cm³/mol. The third-order valence-corrected chi connectivity index (χ3v) is 5.60. The van der Waals surface area contributed by atoms with Gasteiger partial charge in [-0.05, 0) is 45.7 Å². The van der Waals surface area contributed by atoms with Crippen molar-refractivity contribution in [2.45, 2.75) is 45.3 Å². The van der Waals surface area contributed by atoms with Gasteiger partial charge in [0.2, 0.25) is 0 Å². The predicted octanol–water partition coefficient (Wildman–Crippen LogP) is 2.43. The van der Waals surface area contributed by atoms with Crippen molar-refractivity contribution in [1.29, 1.82) is 5.26 Å². The Hall–Kier alpha value is -4.39. The summed E-state index contributed by atoms with van der Waals surface area (Å²) < 4.78 is 27.0. The Balaban J connectivity index is 1.51. The number of alkyl carbamates (subject to hydrolysis) is 1. The summed E-state index contributed by atoms with van der Waals surface area (Å²) in [4.78, 5) is 32.3. The molecule has 0 atom stereocenters. The molecule has 1 amide bonds. The average molecular weight is 587 g/mol. The van der Waals surface area contributed by atoms with E-state index in [1.54, 1.807) is 39.0 Å². The number of esters is 1. The van der Waals surface area contributed by atoms with E-state index in [2.05, 4.69) is 26.4 Å². The van der Waals surface area contributed by atoms with Crippen LogP contribution in [0.4, 0.5) is 27.9 Å². The molecule has 0 radical (unpaired) electrons. The summed E-state index contributed by atoms with van der Waals surface area (Å²) in [6.45, 7) is 6.71. The Morgan fingerprint density at radius 2 is 1.90 bits per heavy atom. The summed E-state index contributed by atoms with van der Waals surface area (Å²) in [7, 11) is 0. The van der Waals surface area contributed by atoms with Gasteiger partial charge in [-0.3, -0.25) is 10.6 Å². The number of nitrogen functional groups attached to an aromatic ring is 1. The molecule has 1 fully saturated rings. The molecule has 1 aliphatic rings. The minimum absolute atomic E-state index is 0.0118. The van der Waals surface area contributed by atoms with Crippen LogP contribution >= 0.6 is 0 Å². The number of nitrogens with zero attached hydrogens (tertiary/aromatic N) is 3. The molecule has 228 valence electrons. The number of rotatable bonds is 14. The van der Waals surface area contributed by atoms with Crippen LogP contribution < -0.4 is 32.0 Å².